The summed E-state index contributed by atoms with van der Waals surface area (Å²) in [6.45, 7) is 1.97. The molecule has 0 fully saturated rings. The molecular formula is C13H11Br2NOS. The number of aryl methyl sites for hydroxylation is 1. The predicted molar refractivity (Wildman–Crippen MR) is 83.2 cm³/mol. The number of amides is 1. The van der Waals surface area contributed by atoms with Crippen molar-refractivity contribution in [2.45, 2.75) is 13.3 Å². The van der Waals surface area contributed by atoms with Crippen molar-refractivity contribution in [1.82, 2.24) is 0 Å². The maximum Gasteiger partial charge on any atom is 0.229 e. The quantitative estimate of drug-likeness (QED) is 0.806. The van der Waals surface area contributed by atoms with E-state index in [9.17, 15) is 4.79 Å². The highest BCUT2D eigenvalue weighted by molar-refractivity contribution is 9.11. The third-order valence-electron chi connectivity index (χ3n) is 2.43. The number of halogens is 2. The van der Waals surface area contributed by atoms with Gasteiger partial charge in [-0.3, -0.25) is 4.79 Å². The molecule has 0 atom stereocenters. The maximum atomic E-state index is 11.9. The minimum Gasteiger partial charge on any atom is -0.326 e. The molecule has 1 heterocycles. The van der Waals surface area contributed by atoms with E-state index in [1.54, 1.807) is 11.3 Å². The molecule has 2 rings (SSSR count). The Bertz CT molecular complexity index is 580. The highest BCUT2D eigenvalue weighted by Crippen LogP contribution is 2.23. The second-order valence-corrected chi connectivity index (χ2v) is 7.35. The van der Waals surface area contributed by atoms with Gasteiger partial charge in [-0.25, -0.2) is 0 Å². The number of benzene rings is 1. The average Bonchev–Trinajstić information content (AvgIpc) is 2.68. The largest absolute Gasteiger partial charge is 0.326 e. The van der Waals surface area contributed by atoms with E-state index >= 15 is 0 Å². The van der Waals surface area contributed by atoms with Gasteiger partial charge in [-0.15, -0.1) is 11.3 Å². The minimum absolute atomic E-state index is 0.00905. The molecule has 2 aromatic rings. The first kappa shape index (κ1) is 13.8. The monoisotopic (exact) mass is 387 g/mol. The van der Waals surface area contributed by atoms with Crippen molar-refractivity contribution in [2.24, 2.45) is 0 Å². The minimum atomic E-state index is 0.00905. The van der Waals surface area contributed by atoms with Gasteiger partial charge >= 0.3 is 0 Å². The molecule has 1 aromatic heterocycles. The molecule has 5 heteroatoms. The molecule has 2 nitrogen and oxygen atoms in total. The summed E-state index contributed by atoms with van der Waals surface area (Å²) in [5.41, 5.74) is 1.91. The second kappa shape index (κ2) is 5.99. The summed E-state index contributed by atoms with van der Waals surface area (Å²) in [6, 6.07) is 9.73. The van der Waals surface area contributed by atoms with Crippen molar-refractivity contribution in [3.05, 3.63) is 49.0 Å². The zero-order chi connectivity index (χ0) is 13.1. The van der Waals surface area contributed by atoms with Gasteiger partial charge in [0.05, 0.1) is 10.2 Å². The van der Waals surface area contributed by atoms with Crippen molar-refractivity contribution < 1.29 is 4.79 Å². The molecule has 0 saturated carbocycles. The van der Waals surface area contributed by atoms with E-state index in [4.69, 9.17) is 0 Å². The molecule has 0 bridgehead atoms. The molecule has 0 saturated heterocycles. The fourth-order valence-electron chi connectivity index (χ4n) is 1.57. The van der Waals surface area contributed by atoms with Crippen LogP contribution in [0.4, 0.5) is 5.69 Å². The van der Waals surface area contributed by atoms with Crippen molar-refractivity contribution in [3.63, 3.8) is 0 Å². The number of nitrogens with one attached hydrogen (secondary N) is 1. The normalized spacial score (nSPS) is 10.4. The van der Waals surface area contributed by atoms with Crippen LogP contribution in [0.1, 0.15) is 10.4 Å². The number of anilines is 1. The Balaban J connectivity index is 2.03. The highest BCUT2D eigenvalue weighted by atomic mass is 79.9. The first-order valence-corrected chi connectivity index (χ1v) is 7.75. The lowest BCUT2D eigenvalue weighted by Gasteiger charge is -2.08. The molecule has 0 aliphatic carbocycles. The Morgan fingerprint density at radius 2 is 2.06 bits per heavy atom. The van der Waals surface area contributed by atoms with Crippen LogP contribution in [0.25, 0.3) is 0 Å². The van der Waals surface area contributed by atoms with Gasteiger partial charge in [0.25, 0.3) is 0 Å². The number of carbonyl (C=O) groups excluding carboxylic acids is 1. The summed E-state index contributed by atoms with van der Waals surface area (Å²) in [7, 11) is 0. The van der Waals surface area contributed by atoms with Gasteiger partial charge in [-0.1, -0.05) is 15.9 Å². The molecule has 0 spiro atoms. The van der Waals surface area contributed by atoms with Crippen molar-refractivity contribution in [3.8, 4) is 0 Å². The zero-order valence-corrected chi connectivity index (χ0v) is 13.7. The van der Waals surface area contributed by atoms with Gasteiger partial charge in [0.2, 0.25) is 5.91 Å². The third kappa shape index (κ3) is 3.67. The van der Waals surface area contributed by atoms with Crippen molar-refractivity contribution >= 4 is 54.8 Å². The molecule has 1 aromatic carbocycles. The van der Waals surface area contributed by atoms with Gasteiger partial charge in [-0.05, 0) is 58.7 Å². The molecule has 18 heavy (non-hydrogen) atoms. The standard InChI is InChI=1S/C13H11Br2NOS/c1-8-6-9(14)2-4-11(8)16-13(17)7-10-3-5-12(15)18-10/h2-6H,7H2,1H3,(H,16,17). The second-order valence-electron chi connectivity index (χ2n) is 3.89. The van der Waals surface area contributed by atoms with E-state index in [1.165, 1.54) is 0 Å². The molecule has 94 valence electrons. The van der Waals surface area contributed by atoms with E-state index in [0.717, 1.165) is 24.4 Å². The smallest absolute Gasteiger partial charge is 0.229 e. The molecule has 0 aliphatic rings. The summed E-state index contributed by atoms with van der Waals surface area (Å²) >= 11 is 8.37. The van der Waals surface area contributed by atoms with Crippen LogP contribution in [0.5, 0.6) is 0 Å². The summed E-state index contributed by atoms with van der Waals surface area (Å²) in [4.78, 5) is 12.9. The lowest BCUT2D eigenvalue weighted by Crippen LogP contribution is -2.14. The number of carbonyl (C=O) groups is 1. The van der Waals surface area contributed by atoms with Crippen LogP contribution in [-0.2, 0) is 11.2 Å². The van der Waals surface area contributed by atoms with Crippen LogP contribution >= 0.6 is 43.2 Å². The van der Waals surface area contributed by atoms with Gasteiger partial charge in [0.1, 0.15) is 0 Å². The van der Waals surface area contributed by atoms with Crippen molar-refractivity contribution in [1.29, 1.82) is 0 Å². The Morgan fingerprint density at radius 1 is 1.28 bits per heavy atom. The van der Waals surface area contributed by atoms with Crippen LogP contribution in [0.3, 0.4) is 0 Å². The van der Waals surface area contributed by atoms with E-state index in [1.807, 2.05) is 37.3 Å². The summed E-state index contributed by atoms with van der Waals surface area (Å²) in [5.74, 6) is 0.00905. The first-order valence-electron chi connectivity index (χ1n) is 5.35. The predicted octanol–water partition coefficient (Wildman–Crippen LogP) is 4.76. The maximum absolute atomic E-state index is 11.9. The van der Waals surface area contributed by atoms with Crippen molar-refractivity contribution in [2.75, 3.05) is 5.32 Å². The van der Waals surface area contributed by atoms with Crippen LogP contribution in [-0.4, -0.2) is 5.91 Å². The first-order chi connectivity index (χ1) is 8.54. The zero-order valence-electron chi connectivity index (χ0n) is 9.67. The van der Waals surface area contributed by atoms with Gasteiger partial charge in [-0.2, -0.15) is 0 Å². The number of thiophene rings is 1. The fourth-order valence-corrected chi connectivity index (χ4v) is 3.52. The Hall–Kier alpha value is -0.650. The summed E-state index contributed by atoms with van der Waals surface area (Å²) in [6.07, 6.45) is 0.409. The van der Waals surface area contributed by atoms with Gasteiger partial charge in [0.15, 0.2) is 0 Å². The fraction of sp³-hybridized carbons (Fsp3) is 0.154. The van der Waals surface area contributed by atoms with E-state index in [2.05, 4.69) is 37.2 Å². The number of rotatable bonds is 3. The Labute approximate surface area is 127 Å². The molecule has 1 amide bonds. The van der Waals surface area contributed by atoms with Crippen LogP contribution in [0.15, 0.2) is 38.6 Å². The van der Waals surface area contributed by atoms with E-state index in [0.29, 0.717) is 6.42 Å². The van der Waals surface area contributed by atoms with E-state index < -0.39 is 0 Å². The average molecular weight is 389 g/mol. The van der Waals surface area contributed by atoms with Crippen LogP contribution < -0.4 is 5.32 Å². The molecule has 0 radical (unpaired) electrons. The molecule has 0 aliphatic heterocycles. The molecule has 0 unspecified atom stereocenters. The lowest BCUT2D eigenvalue weighted by molar-refractivity contribution is -0.115. The topological polar surface area (TPSA) is 29.1 Å². The van der Waals surface area contributed by atoms with Gasteiger partial charge in [0, 0.05) is 15.0 Å². The Morgan fingerprint density at radius 3 is 2.67 bits per heavy atom. The van der Waals surface area contributed by atoms with Crippen LogP contribution in [0, 0.1) is 6.92 Å². The number of hydrogen-bond acceptors (Lipinski definition) is 2. The van der Waals surface area contributed by atoms with Gasteiger partial charge < -0.3 is 5.32 Å². The Kier molecular flexibility index (Phi) is 4.59. The highest BCUT2D eigenvalue weighted by Gasteiger charge is 2.07. The van der Waals surface area contributed by atoms with E-state index in [-0.39, 0.29) is 5.91 Å². The van der Waals surface area contributed by atoms with Crippen LogP contribution in [0.2, 0.25) is 0 Å². The molecular weight excluding hydrogens is 378 g/mol. The SMILES string of the molecule is Cc1cc(Br)ccc1NC(=O)Cc1ccc(Br)s1. The lowest BCUT2D eigenvalue weighted by atomic mass is 10.2. The summed E-state index contributed by atoms with van der Waals surface area (Å²) in [5, 5.41) is 2.93. The number of hydrogen-bond donors (Lipinski definition) is 1. The summed E-state index contributed by atoms with van der Waals surface area (Å²) < 4.78 is 2.06. The molecule has 1 N–H and O–H groups in total. The third-order valence-corrected chi connectivity index (χ3v) is 4.54.